The maximum Gasteiger partial charge on any atom is 0.389 e. The molecule has 2 N–H and O–H groups in total. The number of ether oxygens (including phenoxy) is 1. The van der Waals surface area contributed by atoms with Gasteiger partial charge in [-0.2, -0.15) is 30.2 Å². The van der Waals surface area contributed by atoms with Crippen LogP contribution in [0.5, 0.6) is 0 Å². The molecule has 6 heterocycles. The van der Waals surface area contributed by atoms with Crippen LogP contribution in [0.25, 0.3) is 0 Å². The third kappa shape index (κ3) is 5.59. The molecule has 0 saturated carbocycles. The number of nitrogens with zero attached hydrogens (tertiary/aromatic N) is 3. The molecule has 39 heavy (non-hydrogen) atoms. The average molecular weight is 576 g/mol. The third-order valence-electron chi connectivity index (χ3n) is 9.07. The van der Waals surface area contributed by atoms with Gasteiger partial charge in [0.2, 0.25) is 0 Å². The van der Waals surface area contributed by atoms with Crippen molar-refractivity contribution in [3.05, 3.63) is 17.5 Å². The number of fused-ring (bicyclic) bond motifs is 4. The van der Waals surface area contributed by atoms with E-state index in [0.717, 1.165) is 25.7 Å². The maximum absolute atomic E-state index is 14.0. The molecule has 2 unspecified atom stereocenters. The van der Waals surface area contributed by atoms with Gasteiger partial charge in [-0.3, -0.25) is 4.79 Å². The van der Waals surface area contributed by atoms with Gasteiger partial charge in [0.25, 0.3) is 16.1 Å². The predicted octanol–water partition coefficient (Wildman–Crippen LogP) is 2.69. The lowest BCUT2D eigenvalue weighted by molar-refractivity contribution is -0.135. The molecule has 0 aromatic carbocycles. The van der Waals surface area contributed by atoms with E-state index in [2.05, 4.69) is 15.8 Å². The van der Waals surface area contributed by atoms with Crippen molar-refractivity contribution in [1.29, 1.82) is 0 Å². The number of hydrogen-bond donors (Lipinski definition) is 2. The zero-order valence-electron chi connectivity index (χ0n) is 21.7. The van der Waals surface area contributed by atoms with Gasteiger partial charge in [0.1, 0.15) is 5.76 Å². The van der Waals surface area contributed by atoms with Gasteiger partial charge in [0, 0.05) is 48.7 Å². The summed E-state index contributed by atoms with van der Waals surface area (Å²) in [6.45, 7) is 1.40. The van der Waals surface area contributed by atoms with Gasteiger partial charge >= 0.3 is 6.18 Å². The Morgan fingerprint density at radius 1 is 0.974 bits per heavy atom. The Morgan fingerprint density at radius 2 is 1.54 bits per heavy atom. The molecule has 5 aliphatic rings. The summed E-state index contributed by atoms with van der Waals surface area (Å²) >= 11 is 0. The predicted molar refractivity (Wildman–Crippen MR) is 133 cm³/mol. The van der Waals surface area contributed by atoms with Gasteiger partial charge < -0.3 is 19.9 Å². The highest BCUT2D eigenvalue weighted by atomic mass is 32.2. The van der Waals surface area contributed by atoms with Crippen molar-refractivity contribution in [2.45, 2.75) is 113 Å². The Labute approximate surface area is 226 Å². The number of aromatic nitrogens is 1. The van der Waals surface area contributed by atoms with E-state index in [1.54, 1.807) is 14.7 Å². The minimum absolute atomic E-state index is 0.0273. The standard InChI is InChI=1S/C25H36F3N5O5S/c26-25(27,28)6-1-7-29-16-8-18-2-3-19(9-16)32(18)39(35,36)33-20-4-5-21(33)11-17(10-20)30-24(34)22-12-23(38-31-22)15-13-37-14-15/h12,15-21,29H,1-11,13-14H2,(H,30,34)/t16?,17?,18-,19+,20-,21+. The summed E-state index contributed by atoms with van der Waals surface area (Å²) in [6, 6.07) is 0.946. The molecule has 1 aromatic rings. The highest BCUT2D eigenvalue weighted by molar-refractivity contribution is 7.86. The van der Waals surface area contributed by atoms with Crippen LogP contribution in [0, 0.1) is 0 Å². The maximum atomic E-state index is 14.0. The van der Waals surface area contributed by atoms with Crippen LogP contribution in [0.15, 0.2) is 10.6 Å². The zero-order valence-corrected chi connectivity index (χ0v) is 22.6. The van der Waals surface area contributed by atoms with Crippen molar-refractivity contribution < 1.29 is 35.6 Å². The fourth-order valence-corrected chi connectivity index (χ4v) is 9.75. The van der Waals surface area contributed by atoms with Crippen molar-refractivity contribution >= 4 is 16.1 Å². The van der Waals surface area contributed by atoms with Crippen LogP contribution in [0.2, 0.25) is 0 Å². The number of nitrogens with one attached hydrogen (secondary N) is 2. The van der Waals surface area contributed by atoms with E-state index >= 15 is 0 Å². The molecule has 6 rings (SSSR count). The molecule has 0 spiro atoms. The van der Waals surface area contributed by atoms with E-state index in [9.17, 15) is 26.4 Å². The highest BCUT2D eigenvalue weighted by Gasteiger charge is 2.54. The first-order valence-corrected chi connectivity index (χ1v) is 15.5. The number of carbonyl (C=O) groups is 1. The first-order valence-electron chi connectivity index (χ1n) is 14.1. The van der Waals surface area contributed by atoms with E-state index < -0.39 is 22.8 Å². The molecular formula is C25H36F3N5O5S. The van der Waals surface area contributed by atoms with Crippen molar-refractivity contribution in [3.63, 3.8) is 0 Å². The lowest BCUT2D eigenvalue weighted by Crippen LogP contribution is -2.60. The smallest absolute Gasteiger partial charge is 0.380 e. The van der Waals surface area contributed by atoms with Crippen LogP contribution in [-0.2, 0) is 14.9 Å². The Bertz CT molecular complexity index is 1130. The quantitative estimate of drug-likeness (QED) is 0.435. The number of amides is 1. The number of alkyl halides is 3. The SMILES string of the molecule is O=C(NC1C[C@H]2CC[C@@H](C1)N2S(=O)(=O)N1[C@@H]2CC[C@H]1CC(NCCCC(F)(F)F)C2)c1cc(C2COC2)on1. The molecule has 1 aromatic heterocycles. The van der Waals surface area contributed by atoms with E-state index in [0.29, 0.717) is 44.7 Å². The summed E-state index contributed by atoms with van der Waals surface area (Å²) in [4.78, 5) is 12.8. The fraction of sp³-hybridized carbons (Fsp3) is 0.840. The summed E-state index contributed by atoms with van der Waals surface area (Å²) in [5, 5.41) is 10.2. The molecule has 0 aliphatic carbocycles. The average Bonchev–Trinajstić information content (AvgIpc) is 3.49. The van der Waals surface area contributed by atoms with Crippen molar-refractivity contribution in [1.82, 2.24) is 24.4 Å². The molecule has 14 heteroatoms. The number of carbonyl (C=O) groups excluding carboxylic acids is 1. The normalized spacial score (nSPS) is 33.8. The Kier molecular flexibility index (Phi) is 7.45. The largest absolute Gasteiger partial charge is 0.389 e. The first kappa shape index (κ1) is 27.4. The zero-order chi connectivity index (χ0) is 27.4. The van der Waals surface area contributed by atoms with Crippen LogP contribution in [-0.4, -0.2) is 90.3 Å². The van der Waals surface area contributed by atoms with Gasteiger partial charge in [-0.25, -0.2) is 0 Å². The van der Waals surface area contributed by atoms with Crippen LogP contribution in [0.1, 0.15) is 86.4 Å². The molecule has 1 amide bonds. The Morgan fingerprint density at radius 3 is 2.05 bits per heavy atom. The monoisotopic (exact) mass is 575 g/mol. The van der Waals surface area contributed by atoms with Gasteiger partial charge in [-0.1, -0.05) is 5.16 Å². The molecule has 0 radical (unpaired) electrons. The fourth-order valence-electron chi connectivity index (χ4n) is 7.26. The highest BCUT2D eigenvalue weighted by Crippen LogP contribution is 2.44. The van der Waals surface area contributed by atoms with E-state index in [4.69, 9.17) is 9.26 Å². The second-order valence-corrected chi connectivity index (χ2v) is 13.5. The minimum atomic E-state index is -4.15. The van der Waals surface area contributed by atoms with Gasteiger partial charge in [-0.15, -0.1) is 0 Å². The number of halogens is 3. The summed E-state index contributed by atoms with van der Waals surface area (Å²) in [5.74, 6) is 0.463. The van der Waals surface area contributed by atoms with Crippen molar-refractivity contribution in [2.24, 2.45) is 0 Å². The van der Waals surface area contributed by atoms with Crippen LogP contribution in [0.3, 0.4) is 0 Å². The first-order chi connectivity index (χ1) is 18.6. The molecular weight excluding hydrogens is 539 g/mol. The minimum Gasteiger partial charge on any atom is -0.380 e. The van der Waals surface area contributed by atoms with Crippen molar-refractivity contribution in [2.75, 3.05) is 19.8 Å². The molecule has 5 fully saturated rings. The van der Waals surface area contributed by atoms with Gasteiger partial charge in [0.05, 0.1) is 19.1 Å². The van der Waals surface area contributed by atoms with Gasteiger partial charge in [0.15, 0.2) is 5.69 Å². The lowest BCUT2D eigenvalue weighted by Gasteiger charge is -2.45. The number of rotatable bonds is 9. The molecule has 218 valence electrons. The summed E-state index contributed by atoms with van der Waals surface area (Å²) in [6.07, 6.45) is 0.486. The van der Waals surface area contributed by atoms with Gasteiger partial charge in [-0.05, 0) is 64.3 Å². The molecule has 10 nitrogen and oxygen atoms in total. The van der Waals surface area contributed by atoms with Crippen molar-refractivity contribution in [3.8, 4) is 0 Å². The Balaban J connectivity index is 1.04. The second kappa shape index (κ2) is 10.6. The third-order valence-corrected chi connectivity index (χ3v) is 11.3. The van der Waals surface area contributed by atoms with Crippen LogP contribution in [0.4, 0.5) is 13.2 Å². The van der Waals surface area contributed by atoms with E-state index in [1.807, 2.05) is 0 Å². The summed E-state index contributed by atoms with van der Waals surface area (Å²) in [5.41, 5.74) is 0.228. The second-order valence-electron chi connectivity index (χ2n) is 11.8. The lowest BCUT2D eigenvalue weighted by atomic mass is 9.99. The Hall–Kier alpha value is -1.74. The van der Waals surface area contributed by atoms with Crippen LogP contribution >= 0.6 is 0 Å². The molecule has 4 bridgehead atoms. The molecule has 6 atom stereocenters. The van der Waals surface area contributed by atoms with E-state index in [-0.39, 0.29) is 66.7 Å². The molecule has 5 saturated heterocycles. The summed E-state index contributed by atoms with van der Waals surface area (Å²) in [7, 11) is -3.69. The topological polar surface area (TPSA) is 117 Å². The van der Waals surface area contributed by atoms with Crippen LogP contribution < -0.4 is 10.6 Å². The molecule has 5 aliphatic heterocycles. The summed E-state index contributed by atoms with van der Waals surface area (Å²) < 4.78 is 79.2. The number of piperidine rings is 2. The van der Waals surface area contributed by atoms with E-state index in [1.165, 1.54) is 0 Å². The number of hydrogen-bond acceptors (Lipinski definition) is 7.